The molecule has 1 aromatic rings. The average Bonchev–Trinajstić information content (AvgIpc) is 2.70. The number of fused-ring (bicyclic) bond motifs is 1. The Balaban J connectivity index is 1.77. The summed E-state index contributed by atoms with van der Waals surface area (Å²) in [7, 11) is -3.93. The molecule has 0 aliphatic carbocycles. The van der Waals surface area contributed by atoms with Gasteiger partial charge in [-0.25, -0.2) is 8.42 Å². The van der Waals surface area contributed by atoms with Crippen molar-refractivity contribution in [1.82, 2.24) is 9.62 Å². The smallest absolute Gasteiger partial charge is 0.241 e. The Morgan fingerprint density at radius 1 is 1.21 bits per heavy atom. The molecule has 0 bridgehead atoms. The van der Waals surface area contributed by atoms with Crippen LogP contribution in [0.5, 0.6) is 11.5 Å². The lowest BCUT2D eigenvalue weighted by Gasteiger charge is -2.30. The van der Waals surface area contributed by atoms with E-state index in [1.165, 1.54) is 23.9 Å². The first kappa shape index (κ1) is 20.9. The molecule has 0 unspecified atom stereocenters. The number of hydrogen-bond donors (Lipinski definition) is 1. The van der Waals surface area contributed by atoms with Crippen molar-refractivity contribution in [2.75, 3.05) is 38.3 Å². The fourth-order valence-electron chi connectivity index (χ4n) is 3.11. The number of carbonyl (C=O) groups is 2. The summed E-state index contributed by atoms with van der Waals surface area (Å²) < 4.78 is 39.2. The topological polar surface area (TPSA) is 102 Å². The Morgan fingerprint density at radius 3 is 2.57 bits per heavy atom. The van der Waals surface area contributed by atoms with Crippen LogP contribution in [-0.2, 0) is 19.6 Å². The van der Waals surface area contributed by atoms with Crippen molar-refractivity contribution in [2.45, 2.75) is 30.2 Å². The minimum Gasteiger partial charge on any atom is -0.486 e. The Kier molecular flexibility index (Phi) is 6.84. The molecule has 0 spiro atoms. The lowest BCUT2D eigenvalue weighted by atomic mass is 10.1. The van der Waals surface area contributed by atoms with Crippen LogP contribution in [0.3, 0.4) is 0 Å². The molecule has 28 heavy (non-hydrogen) atoms. The zero-order valence-electron chi connectivity index (χ0n) is 15.7. The van der Waals surface area contributed by atoms with Gasteiger partial charge in [-0.2, -0.15) is 16.5 Å². The second-order valence-electron chi connectivity index (χ2n) is 6.62. The summed E-state index contributed by atoms with van der Waals surface area (Å²) in [5.41, 5.74) is 0. The number of nitrogens with one attached hydrogen (secondary N) is 1. The van der Waals surface area contributed by atoms with Crippen LogP contribution in [-0.4, -0.2) is 69.4 Å². The van der Waals surface area contributed by atoms with Gasteiger partial charge in [0.1, 0.15) is 25.0 Å². The van der Waals surface area contributed by atoms with Gasteiger partial charge >= 0.3 is 0 Å². The second-order valence-corrected chi connectivity index (χ2v) is 9.32. The fourth-order valence-corrected chi connectivity index (χ4v) is 4.82. The molecule has 1 atom stereocenters. The predicted octanol–water partition coefficient (Wildman–Crippen LogP) is 1.05. The number of benzene rings is 1. The van der Waals surface area contributed by atoms with E-state index in [2.05, 4.69) is 4.72 Å². The van der Waals surface area contributed by atoms with Gasteiger partial charge < -0.3 is 14.4 Å². The SMILES string of the molecule is CSCC[C@H](NS(=O)(=O)c1ccc2c(c1)OCCO2)C(=O)N1CCC(=O)CC1. The molecule has 8 nitrogen and oxygen atoms in total. The van der Waals surface area contributed by atoms with Crippen LogP contribution in [0.1, 0.15) is 19.3 Å². The molecule has 10 heteroatoms. The normalized spacial score (nSPS) is 18.0. The summed E-state index contributed by atoms with van der Waals surface area (Å²) in [5, 5.41) is 0. The van der Waals surface area contributed by atoms with E-state index in [1.807, 2.05) is 6.26 Å². The van der Waals surface area contributed by atoms with E-state index in [-0.39, 0.29) is 16.6 Å². The Bertz CT molecular complexity index is 832. The van der Waals surface area contributed by atoms with Crippen LogP contribution in [0.15, 0.2) is 23.1 Å². The third kappa shape index (κ3) is 4.98. The first-order valence-electron chi connectivity index (χ1n) is 9.12. The number of amides is 1. The third-order valence-corrected chi connectivity index (χ3v) is 6.78. The molecule has 1 N–H and O–H groups in total. The molecule has 1 fully saturated rings. The average molecular weight is 429 g/mol. The number of thioether (sulfide) groups is 1. The number of likely N-dealkylation sites (tertiary alicyclic amines) is 1. The number of hydrogen-bond acceptors (Lipinski definition) is 7. The van der Waals surface area contributed by atoms with Crippen molar-refractivity contribution in [3.05, 3.63) is 18.2 Å². The number of ether oxygens (including phenoxy) is 2. The van der Waals surface area contributed by atoms with Crippen LogP contribution in [0.4, 0.5) is 0 Å². The van der Waals surface area contributed by atoms with Crippen LogP contribution in [0, 0.1) is 0 Å². The first-order chi connectivity index (χ1) is 13.4. The van der Waals surface area contributed by atoms with Crippen molar-refractivity contribution in [3.8, 4) is 11.5 Å². The summed E-state index contributed by atoms with van der Waals surface area (Å²) in [4.78, 5) is 25.9. The Hall–Kier alpha value is -1.78. The minimum absolute atomic E-state index is 0.0209. The van der Waals surface area contributed by atoms with Gasteiger partial charge in [0, 0.05) is 32.0 Å². The molecule has 154 valence electrons. The molecular weight excluding hydrogens is 404 g/mol. The highest BCUT2D eigenvalue weighted by Gasteiger charge is 2.31. The minimum atomic E-state index is -3.93. The fraction of sp³-hybridized carbons (Fsp3) is 0.556. The number of ketones is 1. The summed E-state index contributed by atoms with van der Waals surface area (Å²) in [6.45, 7) is 1.44. The molecule has 1 aromatic carbocycles. The van der Waals surface area contributed by atoms with Crippen LogP contribution >= 0.6 is 11.8 Å². The highest BCUT2D eigenvalue weighted by atomic mass is 32.2. The number of nitrogens with zero attached hydrogens (tertiary/aromatic N) is 1. The van der Waals surface area contributed by atoms with E-state index in [4.69, 9.17) is 9.47 Å². The van der Waals surface area contributed by atoms with Crippen LogP contribution in [0.2, 0.25) is 0 Å². The molecule has 0 radical (unpaired) electrons. The van der Waals surface area contributed by atoms with Crippen molar-refractivity contribution in [2.24, 2.45) is 0 Å². The molecule has 2 aliphatic heterocycles. The van der Waals surface area contributed by atoms with E-state index < -0.39 is 16.1 Å². The largest absolute Gasteiger partial charge is 0.486 e. The van der Waals surface area contributed by atoms with Gasteiger partial charge in [-0.3, -0.25) is 9.59 Å². The zero-order chi connectivity index (χ0) is 20.1. The van der Waals surface area contributed by atoms with Gasteiger partial charge in [0.25, 0.3) is 0 Å². The lowest BCUT2D eigenvalue weighted by Crippen LogP contribution is -2.51. The predicted molar refractivity (Wildman–Crippen MR) is 105 cm³/mol. The molecule has 1 amide bonds. The van der Waals surface area contributed by atoms with Gasteiger partial charge in [0.2, 0.25) is 15.9 Å². The zero-order valence-corrected chi connectivity index (χ0v) is 17.3. The molecule has 1 saturated heterocycles. The van der Waals surface area contributed by atoms with E-state index in [0.717, 1.165) is 0 Å². The monoisotopic (exact) mass is 428 g/mol. The van der Waals surface area contributed by atoms with Gasteiger partial charge in [0.05, 0.1) is 4.90 Å². The van der Waals surface area contributed by atoms with E-state index in [0.29, 0.717) is 62.8 Å². The third-order valence-electron chi connectivity index (χ3n) is 4.66. The highest BCUT2D eigenvalue weighted by Crippen LogP contribution is 2.32. The van der Waals surface area contributed by atoms with Crippen molar-refractivity contribution < 1.29 is 27.5 Å². The Labute approximate surface area is 169 Å². The molecule has 3 rings (SSSR count). The van der Waals surface area contributed by atoms with Crippen LogP contribution in [0.25, 0.3) is 0 Å². The number of rotatable bonds is 7. The maximum absolute atomic E-state index is 12.9. The second kappa shape index (κ2) is 9.15. The van der Waals surface area contributed by atoms with Crippen molar-refractivity contribution in [3.63, 3.8) is 0 Å². The number of piperidine rings is 1. The van der Waals surface area contributed by atoms with Crippen LogP contribution < -0.4 is 14.2 Å². The van der Waals surface area contributed by atoms with Gasteiger partial charge in [-0.05, 0) is 30.6 Å². The molecule has 0 saturated carbocycles. The van der Waals surface area contributed by atoms with Crippen molar-refractivity contribution in [1.29, 1.82) is 0 Å². The van der Waals surface area contributed by atoms with E-state index in [9.17, 15) is 18.0 Å². The first-order valence-corrected chi connectivity index (χ1v) is 12.0. The number of carbonyl (C=O) groups excluding carboxylic acids is 2. The van der Waals surface area contributed by atoms with Gasteiger partial charge in [-0.15, -0.1) is 0 Å². The molecule has 0 aromatic heterocycles. The van der Waals surface area contributed by atoms with Crippen molar-refractivity contribution >= 4 is 33.5 Å². The summed E-state index contributed by atoms with van der Waals surface area (Å²) >= 11 is 1.54. The van der Waals surface area contributed by atoms with Gasteiger partial charge in [0.15, 0.2) is 11.5 Å². The van der Waals surface area contributed by atoms with E-state index >= 15 is 0 Å². The van der Waals surface area contributed by atoms with Gasteiger partial charge in [-0.1, -0.05) is 0 Å². The lowest BCUT2D eigenvalue weighted by molar-refractivity contribution is -0.136. The maximum atomic E-state index is 12.9. The summed E-state index contributed by atoms with van der Waals surface area (Å²) in [5.74, 6) is 1.34. The maximum Gasteiger partial charge on any atom is 0.241 e. The quantitative estimate of drug-likeness (QED) is 0.692. The van der Waals surface area contributed by atoms with E-state index in [1.54, 1.807) is 11.0 Å². The Morgan fingerprint density at radius 2 is 1.89 bits per heavy atom. The number of sulfonamides is 1. The standard InChI is InChI=1S/C18H24N2O6S2/c1-27-11-6-15(18(22)20-7-4-13(21)5-8-20)19-28(23,24)14-2-3-16-17(12-14)26-10-9-25-16/h2-3,12,15,19H,4-11H2,1H3/t15-/m0/s1. The summed E-state index contributed by atoms with van der Waals surface area (Å²) in [6, 6.07) is 3.52. The molecule has 2 aliphatic rings. The summed E-state index contributed by atoms with van der Waals surface area (Å²) in [6.07, 6.45) is 2.90. The number of Topliss-reactive ketones (excluding diaryl/α,β-unsaturated/α-hetero) is 1. The molecule has 2 heterocycles. The highest BCUT2D eigenvalue weighted by molar-refractivity contribution is 7.98. The molecular formula is C18H24N2O6S2.